The molecule has 1 fully saturated rings. The third kappa shape index (κ3) is 3.16. The van der Waals surface area contributed by atoms with Crippen molar-refractivity contribution in [2.45, 2.75) is 23.8 Å². The van der Waals surface area contributed by atoms with Crippen LogP contribution < -0.4 is 4.72 Å². The molecule has 2 N–H and O–H groups in total. The number of rotatable bonds is 4. The van der Waals surface area contributed by atoms with Gasteiger partial charge in [-0.05, 0) is 35.3 Å². The van der Waals surface area contributed by atoms with Crippen molar-refractivity contribution in [3.8, 4) is 0 Å². The van der Waals surface area contributed by atoms with E-state index in [4.69, 9.17) is 9.84 Å². The smallest absolute Gasteiger partial charge is 0.345 e. The molecule has 1 unspecified atom stereocenters. The molecule has 0 aliphatic carbocycles. The van der Waals surface area contributed by atoms with Crippen LogP contribution in [0.2, 0.25) is 0 Å². The first-order chi connectivity index (χ1) is 8.73. The van der Waals surface area contributed by atoms with E-state index in [1.54, 1.807) is 6.92 Å². The van der Waals surface area contributed by atoms with Gasteiger partial charge < -0.3 is 9.84 Å². The standard InChI is InChI=1S/C10H12BrNO5S2/c1-10(2-3-17-5-10)12-19(15,16)7-4-6(9(13)14)18-8(7)11/h4,12H,2-3,5H2,1H3,(H,13,14). The van der Waals surface area contributed by atoms with Crippen LogP contribution in [-0.2, 0) is 14.8 Å². The van der Waals surface area contributed by atoms with Gasteiger partial charge in [0.25, 0.3) is 0 Å². The molecule has 2 heterocycles. The van der Waals surface area contributed by atoms with Crippen LogP contribution >= 0.6 is 27.3 Å². The topological polar surface area (TPSA) is 92.7 Å². The third-order valence-electron chi connectivity index (χ3n) is 2.76. The van der Waals surface area contributed by atoms with Crippen molar-refractivity contribution in [3.63, 3.8) is 0 Å². The zero-order valence-corrected chi connectivity index (χ0v) is 13.2. The van der Waals surface area contributed by atoms with Crippen molar-refractivity contribution in [1.82, 2.24) is 4.72 Å². The van der Waals surface area contributed by atoms with Crippen LogP contribution in [0.25, 0.3) is 0 Å². The average molecular weight is 370 g/mol. The lowest BCUT2D eigenvalue weighted by Crippen LogP contribution is -2.46. The quantitative estimate of drug-likeness (QED) is 0.841. The summed E-state index contributed by atoms with van der Waals surface area (Å²) in [7, 11) is -3.78. The van der Waals surface area contributed by atoms with E-state index in [0.717, 1.165) is 17.4 Å². The Bertz CT molecular complexity index is 603. The van der Waals surface area contributed by atoms with Crippen LogP contribution in [0.3, 0.4) is 0 Å². The Kier molecular flexibility index (Phi) is 4.03. The first-order valence-corrected chi connectivity index (χ1v) is 8.47. The fourth-order valence-corrected chi connectivity index (χ4v) is 5.59. The summed E-state index contributed by atoms with van der Waals surface area (Å²) in [4.78, 5) is 10.8. The van der Waals surface area contributed by atoms with E-state index in [1.807, 2.05) is 0 Å². The highest BCUT2D eigenvalue weighted by Gasteiger charge is 2.36. The summed E-state index contributed by atoms with van der Waals surface area (Å²) in [5.41, 5.74) is -0.649. The predicted molar refractivity (Wildman–Crippen MR) is 73.1 cm³/mol. The molecule has 19 heavy (non-hydrogen) atoms. The van der Waals surface area contributed by atoms with Gasteiger partial charge in [-0.25, -0.2) is 17.9 Å². The minimum atomic E-state index is -3.78. The molecule has 1 atom stereocenters. The lowest BCUT2D eigenvalue weighted by atomic mass is 10.0. The molecule has 9 heteroatoms. The number of halogens is 1. The summed E-state index contributed by atoms with van der Waals surface area (Å²) in [6.07, 6.45) is 0.583. The Labute approximate surface area is 123 Å². The van der Waals surface area contributed by atoms with Crippen LogP contribution in [0.5, 0.6) is 0 Å². The number of carboxylic acids is 1. The van der Waals surface area contributed by atoms with Gasteiger partial charge in [0.2, 0.25) is 10.0 Å². The monoisotopic (exact) mass is 369 g/mol. The van der Waals surface area contributed by atoms with E-state index in [2.05, 4.69) is 20.7 Å². The van der Waals surface area contributed by atoms with Gasteiger partial charge in [0, 0.05) is 6.61 Å². The van der Waals surface area contributed by atoms with Crippen LogP contribution in [0.4, 0.5) is 0 Å². The van der Waals surface area contributed by atoms with Crippen LogP contribution in [0, 0.1) is 0 Å². The fraction of sp³-hybridized carbons (Fsp3) is 0.500. The van der Waals surface area contributed by atoms with Gasteiger partial charge in [-0.15, -0.1) is 11.3 Å². The van der Waals surface area contributed by atoms with Gasteiger partial charge in [0.15, 0.2) is 0 Å². The minimum Gasteiger partial charge on any atom is -0.477 e. The second-order valence-corrected chi connectivity index (χ2v) is 8.54. The van der Waals surface area contributed by atoms with Crippen LogP contribution in [-0.4, -0.2) is 38.2 Å². The number of hydrogen-bond donors (Lipinski definition) is 2. The van der Waals surface area contributed by atoms with E-state index in [1.165, 1.54) is 0 Å². The highest BCUT2D eigenvalue weighted by molar-refractivity contribution is 9.11. The molecule has 0 bridgehead atoms. The molecule has 0 saturated carbocycles. The SMILES string of the molecule is CC1(NS(=O)(=O)c2cc(C(=O)O)sc2Br)CCOC1. The second kappa shape index (κ2) is 5.13. The summed E-state index contributed by atoms with van der Waals surface area (Å²) in [6.45, 7) is 2.57. The number of ether oxygens (including phenoxy) is 1. The zero-order valence-electron chi connectivity index (χ0n) is 9.97. The lowest BCUT2D eigenvalue weighted by molar-refractivity contribution is 0.0702. The van der Waals surface area contributed by atoms with Crippen molar-refractivity contribution in [2.75, 3.05) is 13.2 Å². The minimum absolute atomic E-state index is 0.0277. The van der Waals surface area contributed by atoms with Gasteiger partial charge in [-0.1, -0.05) is 0 Å². The number of carbonyl (C=O) groups is 1. The van der Waals surface area contributed by atoms with Crippen molar-refractivity contribution >= 4 is 43.3 Å². The van der Waals surface area contributed by atoms with Crippen LogP contribution in [0.1, 0.15) is 23.0 Å². The molecule has 1 aromatic heterocycles. The highest BCUT2D eigenvalue weighted by atomic mass is 79.9. The molecular formula is C10H12BrNO5S2. The molecule has 1 saturated heterocycles. The number of sulfonamides is 1. The molecule has 6 nitrogen and oxygen atoms in total. The van der Waals surface area contributed by atoms with Crippen LogP contribution in [0.15, 0.2) is 14.7 Å². The van der Waals surface area contributed by atoms with E-state index >= 15 is 0 Å². The maximum Gasteiger partial charge on any atom is 0.345 e. The Morgan fingerprint density at radius 1 is 1.63 bits per heavy atom. The summed E-state index contributed by atoms with van der Waals surface area (Å²) in [5, 5.41) is 8.88. The Balaban J connectivity index is 2.31. The maximum absolute atomic E-state index is 12.3. The fourth-order valence-electron chi connectivity index (χ4n) is 1.77. The van der Waals surface area contributed by atoms with Gasteiger partial charge in [-0.2, -0.15) is 0 Å². The average Bonchev–Trinajstić information content (AvgIpc) is 2.84. The molecule has 1 aromatic rings. The highest BCUT2D eigenvalue weighted by Crippen LogP contribution is 2.33. The predicted octanol–water partition coefficient (Wildman–Crippen LogP) is 1.67. The Morgan fingerprint density at radius 3 is 2.79 bits per heavy atom. The molecule has 0 radical (unpaired) electrons. The van der Waals surface area contributed by atoms with Gasteiger partial charge >= 0.3 is 5.97 Å². The second-order valence-electron chi connectivity index (χ2n) is 4.52. The van der Waals surface area contributed by atoms with E-state index < -0.39 is 21.5 Å². The molecular weight excluding hydrogens is 358 g/mol. The Hall–Kier alpha value is -0.480. The van der Waals surface area contributed by atoms with Gasteiger partial charge in [-0.3, -0.25) is 0 Å². The summed E-state index contributed by atoms with van der Waals surface area (Å²) >= 11 is 3.97. The largest absolute Gasteiger partial charge is 0.477 e. The molecule has 2 rings (SSSR count). The number of hydrogen-bond acceptors (Lipinski definition) is 5. The van der Waals surface area contributed by atoms with Crippen molar-refractivity contribution in [3.05, 3.63) is 14.7 Å². The normalized spacial score (nSPS) is 23.7. The molecule has 0 amide bonds. The summed E-state index contributed by atoms with van der Waals surface area (Å²) in [6, 6.07) is 1.15. The number of nitrogens with one attached hydrogen (secondary N) is 1. The zero-order chi connectivity index (χ0) is 14.3. The van der Waals surface area contributed by atoms with E-state index in [-0.39, 0.29) is 13.6 Å². The molecule has 0 aromatic carbocycles. The number of thiophene rings is 1. The Morgan fingerprint density at radius 2 is 2.32 bits per heavy atom. The molecule has 106 valence electrons. The third-order valence-corrected chi connectivity index (χ3v) is 6.63. The molecule has 1 aliphatic heterocycles. The summed E-state index contributed by atoms with van der Waals surface area (Å²) in [5.74, 6) is -1.15. The van der Waals surface area contributed by atoms with E-state index in [9.17, 15) is 13.2 Å². The summed E-state index contributed by atoms with van der Waals surface area (Å²) < 4.78 is 32.6. The first kappa shape index (κ1) is 14.9. The van der Waals surface area contributed by atoms with Gasteiger partial charge in [0.1, 0.15) is 9.77 Å². The molecule has 0 spiro atoms. The maximum atomic E-state index is 12.3. The first-order valence-electron chi connectivity index (χ1n) is 5.38. The lowest BCUT2D eigenvalue weighted by Gasteiger charge is -2.22. The number of aromatic carboxylic acids is 1. The van der Waals surface area contributed by atoms with Crippen molar-refractivity contribution in [1.29, 1.82) is 0 Å². The van der Waals surface area contributed by atoms with Crippen molar-refractivity contribution in [2.24, 2.45) is 0 Å². The van der Waals surface area contributed by atoms with E-state index in [0.29, 0.717) is 19.6 Å². The van der Waals surface area contributed by atoms with Crippen molar-refractivity contribution < 1.29 is 23.1 Å². The number of carboxylic acid groups (broad SMARTS) is 1. The van der Waals surface area contributed by atoms with Gasteiger partial charge in [0.05, 0.1) is 15.9 Å². The molecule has 1 aliphatic rings.